The van der Waals surface area contributed by atoms with Gasteiger partial charge in [-0.25, -0.2) is 9.67 Å². The topological polar surface area (TPSA) is 61.2 Å². The maximum Gasteiger partial charge on any atom is 0.234 e. The summed E-state index contributed by atoms with van der Waals surface area (Å²) in [6.45, 7) is 0. The van der Waals surface area contributed by atoms with Crippen molar-refractivity contribution in [1.82, 2.24) is 14.8 Å². The van der Waals surface area contributed by atoms with E-state index in [1.54, 1.807) is 17.1 Å². The van der Waals surface area contributed by atoms with Crippen LogP contribution in [0, 0.1) is 0 Å². The highest BCUT2D eigenvalue weighted by molar-refractivity contribution is 5.44. The van der Waals surface area contributed by atoms with Gasteiger partial charge in [0.15, 0.2) is 17.8 Å². The molecule has 2 aromatic rings. The highest BCUT2D eigenvalue weighted by atomic mass is 16.6. The van der Waals surface area contributed by atoms with Crippen LogP contribution in [0.1, 0.15) is 12.8 Å². The first-order valence-corrected chi connectivity index (χ1v) is 7.72. The van der Waals surface area contributed by atoms with Crippen LogP contribution >= 0.6 is 0 Å². The lowest BCUT2D eigenvalue weighted by Gasteiger charge is -2.20. The minimum Gasteiger partial charge on any atom is -0.463 e. The Morgan fingerprint density at radius 1 is 1.17 bits per heavy atom. The van der Waals surface area contributed by atoms with Gasteiger partial charge in [-0.15, -0.1) is 0 Å². The van der Waals surface area contributed by atoms with Crippen LogP contribution in [0.5, 0.6) is 0 Å². The highest BCUT2D eigenvalue weighted by Gasteiger charge is 2.15. The summed E-state index contributed by atoms with van der Waals surface area (Å²) < 4.78 is 13.0. The molecule has 0 radical (unpaired) electrons. The second-order valence-electron chi connectivity index (χ2n) is 5.32. The molecule has 0 unspecified atom stereocenters. The van der Waals surface area contributed by atoms with Crippen LogP contribution in [0.2, 0.25) is 0 Å². The van der Waals surface area contributed by atoms with Crippen molar-refractivity contribution in [1.29, 1.82) is 0 Å². The van der Waals surface area contributed by atoms with Gasteiger partial charge in [0.25, 0.3) is 0 Å². The number of allylic oxidation sites excluding steroid dienone is 4. The van der Waals surface area contributed by atoms with E-state index in [9.17, 15) is 0 Å². The van der Waals surface area contributed by atoms with Gasteiger partial charge in [0, 0.05) is 12.4 Å². The van der Waals surface area contributed by atoms with E-state index in [1.165, 1.54) is 6.26 Å². The number of ether oxygens (including phenoxy) is 2. The first-order chi connectivity index (χ1) is 11.9. The first-order valence-electron chi connectivity index (χ1n) is 7.72. The maximum absolute atomic E-state index is 5.88. The van der Waals surface area contributed by atoms with Gasteiger partial charge in [-0.05, 0) is 36.6 Å². The Morgan fingerprint density at radius 3 is 3.00 bits per heavy atom. The summed E-state index contributed by atoms with van der Waals surface area (Å²) in [6, 6.07) is 7.50. The molecule has 1 aliphatic carbocycles. The molecule has 0 spiro atoms. The molecular weight excluding hydrogens is 304 g/mol. The Labute approximate surface area is 139 Å². The third-order valence-corrected chi connectivity index (χ3v) is 3.63. The van der Waals surface area contributed by atoms with Crippen molar-refractivity contribution in [3.05, 3.63) is 84.6 Å². The zero-order valence-corrected chi connectivity index (χ0v) is 12.9. The molecule has 3 heterocycles. The van der Waals surface area contributed by atoms with E-state index in [2.05, 4.69) is 21.5 Å². The van der Waals surface area contributed by atoms with Crippen LogP contribution in [0.4, 0.5) is 5.82 Å². The van der Waals surface area contributed by atoms with E-state index >= 15 is 0 Å². The molecule has 0 atom stereocenters. The summed E-state index contributed by atoms with van der Waals surface area (Å²) in [5, 5.41) is 7.31. The molecule has 1 N–H and O–H groups in total. The Bertz CT molecular complexity index is 848. The third kappa shape index (κ3) is 3.08. The first kappa shape index (κ1) is 14.3. The van der Waals surface area contributed by atoms with E-state index in [0.717, 1.165) is 24.2 Å². The summed E-state index contributed by atoms with van der Waals surface area (Å²) in [5.41, 5.74) is 1.11. The van der Waals surface area contributed by atoms with Gasteiger partial charge in [0.05, 0.1) is 0 Å². The smallest absolute Gasteiger partial charge is 0.234 e. The highest BCUT2D eigenvalue weighted by Crippen LogP contribution is 2.26. The number of anilines is 1. The number of pyridine rings is 1. The number of aromatic nitrogens is 3. The van der Waals surface area contributed by atoms with Crippen LogP contribution in [0.15, 0.2) is 84.6 Å². The molecule has 0 bridgehead atoms. The van der Waals surface area contributed by atoms with Gasteiger partial charge in [0.2, 0.25) is 5.88 Å². The Kier molecular flexibility index (Phi) is 3.85. The zero-order valence-electron chi connectivity index (χ0n) is 12.9. The molecule has 6 heteroatoms. The van der Waals surface area contributed by atoms with Crippen molar-refractivity contribution >= 4 is 5.82 Å². The summed E-state index contributed by atoms with van der Waals surface area (Å²) in [6.07, 6.45) is 14.8. The van der Waals surface area contributed by atoms with Crippen LogP contribution in [0.3, 0.4) is 0 Å². The molecule has 24 heavy (non-hydrogen) atoms. The molecule has 2 aromatic heterocycles. The Balaban J connectivity index is 1.48. The third-order valence-electron chi connectivity index (χ3n) is 3.63. The fraction of sp³-hybridized carbons (Fsp3) is 0.111. The number of rotatable bonds is 4. The average Bonchev–Trinajstić information content (AvgIpc) is 3.18. The van der Waals surface area contributed by atoms with Crippen LogP contribution in [-0.4, -0.2) is 14.8 Å². The van der Waals surface area contributed by atoms with Crippen molar-refractivity contribution in [3.63, 3.8) is 0 Å². The second kappa shape index (κ2) is 6.45. The minimum atomic E-state index is 0.494. The van der Waals surface area contributed by atoms with Gasteiger partial charge >= 0.3 is 0 Å². The summed E-state index contributed by atoms with van der Waals surface area (Å²) >= 11 is 0. The molecule has 2 aliphatic rings. The maximum atomic E-state index is 5.88. The summed E-state index contributed by atoms with van der Waals surface area (Å²) in [7, 11) is 0. The average molecular weight is 320 g/mol. The van der Waals surface area contributed by atoms with E-state index in [-0.39, 0.29) is 0 Å². The number of hydrogen-bond acceptors (Lipinski definition) is 5. The normalized spacial score (nSPS) is 16.4. The predicted octanol–water partition coefficient (Wildman–Crippen LogP) is 3.64. The lowest BCUT2D eigenvalue weighted by atomic mass is 10.0. The van der Waals surface area contributed by atoms with Gasteiger partial charge in [-0.3, -0.25) is 0 Å². The summed E-state index contributed by atoms with van der Waals surface area (Å²) in [4.78, 5) is 4.51. The fourth-order valence-electron chi connectivity index (χ4n) is 2.48. The van der Waals surface area contributed by atoms with Crippen molar-refractivity contribution in [2.75, 3.05) is 5.32 Å². The van der Waals surface area contributed by atoms with Gasteiger partial charge in [-0.2, -0.15) is 5.10 Å². The molecular formula is C18H16N4O2. The number of nitrogens with one attached hydrogen (secondary N) is 1. The number of hydrogen-bond donors (Lipinski definition) is 1. The molecule has 0 fully saturated rings. The number of nitrogens with zero attached hydrogens (tertiary/aromatic N) is 3. The second-order valence-corrected chi connectivity index (χ2v) is 5.32. The van der Waals surface area contributed by atoms with Gasteiger partial charge < -0.3 is 14.8 Å². The molecule has 0 saturated heterocycles. The fourth-order valence-corrected chi connectivity index (χ4v) is 2.48. The largest absolute Gasteiger partial charge is 0.463 e. The van der Waals surface area contributed by atoms with Gasteiger partial charge in [-0.1, -0.05) is 24.3 Å². The van der Waals surface area contributed by atoms with Crippen molar-refractivity contribution in [3.8, 4) is 5.82 Å². The SMILES string of the molecule is C1=CCCC(C2=COC=C(Nc3cccc(-n4cccn4)n3)O2)=C1. The monoisotopic (exact) mass is 320 g/mol. The standard InChI is InChI=1S/C18H16N4O2/c1-2-6-14(7-3-1)15-12-23-13-18(24-15)21-16-8-4-9-17(20-16)22-11-5-10-19-22/h1-2,4-6,8-13H,3,7H2,(H,20,21). The molecule has 1 aliphatic heterocycles. The molecule has 0 aromatic carbocycles. The van der Waals surface area contributed by atoms with Crippen molar-refractivity contribution < 1.29 is 9.47 Å². The molecule has 6 nitrogen and oxygen atoms in total. The zero-order chi connectivity index (χ0) is 16.2. The molecule has 120 valence electrons. The predicted molar refractivity (Wildman–Crippen MR) is 89.8 cm³/mol. The lowest BCUT2D eigenvalue weighted by Crippen LogP contribution is -2.11. The Hall–Kier alpha value is -3.28. The van der Waals surface area contributed by atoms with E-state index in [4.69, 9.17) is 9.47 Å². The van der Waals surface area contributed by atoms with Crippen LogP contribution in [-0.2, 0) is 9.47 Å². The van der Waals surface area contributed by atoms with Crippen LogP contribution in [0.25, 0.3) is 5.82 Å². The van der Waals surface area contributed by atoms with Crippen LogP contribution < -0.4 is 5.32 Å². The van der Waals surface area contributed by atoms with Gasteiger partial charge in [0.1, 0.15) is 12.1 Å². The van der Waals surface area contributed by atoms with E-state index in [1.807, 2.05) is 42.6 Å². The molecule has 0 amide bonds. The van der Waals surface area contributed by atoms with Crippen molar-refractivity contribution in [2.45, 2.75) is 12.8 Å². The summed E-state index contributed by atoms with van der Waals surface area (Å²) in [5.74, 6) is 2.58. The van der Waals surface area contributed by atoms with Crippen molar-refractivity contribution in [2.24, 2.45) is 0 Å². The van der Waals surface area contributed by atoms with E-state index in [0.29, 0.717) is 17.5 Å². The molecule has 0 saturated carbocycles. The Morgan fingerprint density at radius 2 is 2.17 bits per heavy atom. The lowest BCUT2D eigenvalue weighted by molar-refractivity contribution is 0.233. The molecule has 4 rings (SSSR count). The van der Waals surface area contributed by atoms with E-state index < -0.39 is 0 Å². The minimum absolute atomic E-state index is 0.494. The quantitative estimate of drug-likeness (QED) is 0.932.